The van der Waals surface area contributed by atoms with Crippen molar-refractivity contribution in [1.82, 2.24) is 4.98 Å². The second-order valence-corrected chi connectivity index (χ2v) is 4.88. The van der Waals surface area contributed by atoms with Gasteiger partial charge in [0.1, 0.15) is 15.6 Å². The molecule has 0 spiro atoms. The van der Waals surface area contributed by atoms with E-state index in [1.54, 1.807) is 0 Å². The Kier molecular flexibility index (Phi) is 3.87. The molecular weight excluding hydrogens is 319 g/mol. The van der Waals surface area contributed by atoms with Crippen molar-refractivity contribution in [2.24, 2.45) is 0 Å². The molecule has 0 amide bonds. The molecule has 2 heterocycles. The van der Waals surface area contributed by atoms with Gasteiger partial charge in [0.15, 0.2) is 0 Å². The van der Waals surface area contributed by atoms with Gasteiger partial charge in [-0.05, 0) is 6.07 Å². The van der Waals surface area contributed by atoms with Gasteiger partial charge < -0.3 is 9.84 Å². The summed E-state index contributed by atoms with van der Waals surface area (Å²) >= 11 is 6.57. The van der Waals surface area contributed by atoms with Crippen LogP contribution in [0.4, 0.5) is 13.2 Å². The number of hydrogen-bond acceptors (Lipinski definition) is 4. The molecule has 0 radical (unpaired) electrons. The summed E-state index contributed by atoms with van der Waals surface area (Å²) in [6.45, 7) is 0. The van der Waals surface area contributed by atoms with Gasteiger partial charge >= 0.3 is 12.1 Å². The fraction of sp³-hybridized carbons (Fsp3) is 0.0909. The number of alkyl halides is 3. The van der Waals surface area contributed by atoms with Crippen molar-refractivity contribution in [3.8, 4) is 11.6 Å². The van der Waals surface area contributed by atoms with E-state index >= 15 is 0 Å². The summed E-state index contributed by atoms with van der Waals surface area (Å²) in [5.74, 6) is -1.22. The number of ether oxygens (including phenoxy) is 1. The Morgan fingerprint density at radius 1 is 1.40 bits per heavy atom. The summed E-state index contributed by atoms with van der Waals surface area (Å²) in [5.41, 5.74) is -0.994. The van der Waals surface area contributed by atoms with Crippen molar-refractivity contribution in [2.75, 3.05) is 0 Å². The van der Waals surface area contributed by atoms with Gasteiger partial charge in [0.2, 0.25) is 5.88 Å². The lowest BCUT2D eigenvalue weighted by molar-refractivity contribution is -0.137. The number of halogens is 4. The zero-order valence-electron chi connectivity index (χ0n) is 9.44. The van der Waals surface area contributed by atoms with Crippen LogP contribution in [0.1, 0.15) is 15.2 Å². The van der Waals surface area contributed by atoms with Gasteiger partial charge in [0.05, 0.1) is 5.56 Å². The van der Waals surface area contributed by atoms with E-state index in [0.29, 0.717) is 12.3 Å². The first-order valence-corrected chi connectivity index (χ1v) is 6.25. The SMILES string of the molecule is O=C(O)c1cc(Oc2ncc(C(F)(F)F)cc2Cl)cs1. The molecule has 106 valence electrons. The molecule has 2 aromatic rings. The number of nitrogens with zero attached hydrogens (tertiary/aromatic N) is 1. The Balaban J connectivity index is 2.23. The Hall–Kier alpha value is -1.80. The van der Waals surface area contributed by atoms with E-state index < -0.39 is 17.7 Å². The van der Waals surface area contributed by atoms with Crippen molar-refractivity contribution in [3.05, 3.63) is 39.2 Å². The smallest absolute Gasteiger partial charge is 0.417 e. The van der Waals surface area contributed by atoms with Crippen LogP contribution in [-0.4, -0.2) is 16.1 Å². The highest BCUT2D eigenvalue weighted by atomic mass is 35.5. The standard InChI is InChI=1S/C11H5ClF3NO3S/c12-7-1-5(11(13,14)15)3-16-9(7)19-6-2-8(10(17)18)20-4-6/h1-4H,(H,17,18). The van der Waals surface area contributed by atoms with Gasteiger partial charge in [-0.2, -0.15) is 13.2 Å². The van der Waals surface area contributed by atoms with Crippen molar-refractivity contribution in [3.63, 3.8) is 0 Å². The Labute approximate surface area is 119 Å². The highest BCUT2D eigenvalue weighted by Gasteiger charge is 2.31. The lowest BCUT2D eigenvalue weighted by atomic mass is 10.3. The Morgan fingerprint density at radius 2 is 2.10 bits per heavy atom. The molecule has 1 N–H and O–H groups in total. The maximum atomic E-state index is 12.4. The van der Waals surface area contributed by atoms with Crippen LogP contribution in [0.25, 0.3) is 0 Å². The summed E-state index contributed by atoms with van der Waals surface area (Å²) in [6.07, 6.45) is -3.96. The number of rotatable bonds is 3. The average molecular weight is 324 g/mol. The minimum Gasteiger partial charge on any atom is -0.477 e. The van der Waals surface area contributed by atoms with Crippen molar-refractivity contribution in [2.45, 2.75) is 6.18 Å². The maximum Gasteiger partial charge on any atom is 0.417 e. The summed E-state index contributed by atoms with van der Waals surface area (Å²) in [4.78, 5) is 14.2. The van der Waals surface area contributed by atoms with Crippen LogP contribution in [0.2, 0.25) is 5.02 Å². The number of carboxylic acid groups (broad SMARTS) is 1. The summed E-state index contributed by atoms with van der Waals surface area (Å²) in [7, 11) is 0. The number of carbonyl (C=O) groups is 1. The number of hydrogen-bond donors (Lipinski definition) is 1. The van der Waals surface area contributed by atoms with Crippen LogP contribution >= 0.6 is 22.9 Å². The summed E-state index contributed by atoms with van der Waals surface area (Å²) in [6, 6.07) is 1.91. The molecule has 0 saturated carbocycles. The van der Waals surface area contributed by atoms with E-state index in [9.17, 15) is 18.0 Å². The molecule has 0 fully saturated rings. The Morgan fingerprint density at radius 3 is 2.60 bits per heavy atom. The summed E-state index contributed by atoms with van der Waals surface area (Å²) < 4.78 is 42.4. The van der Waals surface area contributed by atoms with E-state index in [1.807, 2.05) is 0 Å². The van der Waals surface area contributed by atoms with Crippen molar-refractivity contribution >= 4 is 28.9 Å². The molecule has 0 aliphatic carbocycles. The van der Waals surface area contributed by atoms with Gasteiger partial charge in [-0.15, -0.1) is 11.3 Å². The van der Waals surface area contributed by atoms with E-state index in [4.69, 9.17) is 21.4 Å². The zero-order valence-corrected chi connectivity index (χ0v) is 11.0. The third kappa shape index (κ3) is 3.20. The van der Waals surface area contributed by atoms with Gasteiger partial charge in [-0.1, -0.05) is 11.6 Å². The topological polar surface area (TPSA) is 59.4 Å². The van der Waals surface area contributed by atoms with Gasteiger partial charge in [-0.25, -0.2) is 9.78 Å². The molecule has 0 aromatic carbocycles. The molecule has 0 aliphatic heterocycles. The lowest BCUT2D eigenvalue weighted by Gasteiger charge is -2.09. The van der Waals surface area contributed by atoms with E-state index in [2.05, 4.69) is 4.98 Å². The van der Waals surface area contributed by atoms with Crippen LogP contribution in [0.5, 0.6) is 11.6 Å². The second kappa shape index (κ2) is 5.29. The van der Waals surface area contributed by atoms with Crippen LogP contribution in [0.15, 0.2) is 23.7 Å². The largest absolute Gasteiger partial charge is 0.477 e. The monoisotopic (exact) mass is 323 g/mol. The molecule has 2 rings (SSSR count). The van der Waals surface area contributed by atoms with Crippen molar-refractivity contribution in [1.29, 1.82) is 0 Å². The number of aromatic nitrogens is 1. The molecule has 20 heavy (non-hydrogen) atoms. The number of thiophene rings is 1. The van der Waals surface area contributed by atoms with Crippen molar-refractivity contribution < 1.29 is 27.8 Å². The third-order valence-electron chi connectivity index (χ3n) is 2.14. The molecule has 0 aliphatic rings. The molecular formula is C11H5ClF3NO3S. The molecule has 2 aromatic heterocycles. The fourth-order valence-electron chi connectivity index (χ4n) is 1.25. The normalized spacial score (nSPS) is 11.4. The maximum absolute atomic E-state index is 12.4. The van der Waals surface area contributed by atoms with Crippen LogP contribution < -0.4 is 4.74 Å². The average Bonchev–Trinajstić information content (AvgIpc) is 2.79. The molecule has 0 bridgehead atoms. The lowest BCUT2D eigenvalue weighted by Crippen LogP contribution is -2.05. The Bertz CT molecular complexity index is 657. The van der Waals surface area contributed by atoms with E-state index in [0.717, 1.165) is 11.3 Å². The van der Waals surface area contributed by atoms with Crippen LogP contribution in [-0.2, 0) is 6.18 Å². The molecule has 0 atom stereocenters. The number of pyridine rings is 1. The first-order chi connectivity index (χ1) is 9.27. The number of carboxylic acids is 1. The van der Waals surface area contributed by atoms with Gasteiger partial charge in [0.25, 0.3) is 0 Å². The summed E-state index contributed by atoms with van der Waals surface area (Å²) in [5, 5.41) is 9.80. The third-order valence-corrected chi connectivity index (χ3v) is 3.30. The molecule has 0 saturated heterocycles. The molecule has 9 heteroatoms. The first-order valence-electron chi connectivity index (χ1n) is 5.00. The highest BCUT2D eigenvalue weighted by molar-refractivity contribution is 7.12. The predicted octanol–water partition coefficient (Wildman–Crippen LogP) is 4.31. The van der Waals surface area contributed by atoms with Crippen LogP contribution in [0.3, 0.4) is 0 Å². The van der Waals surface area contributed by atoms with Gasteiger partial charge in [-0.3, -0.25) is 0 Å². The van der Waals surface area contributed by atoms with E-state index in [-0.39, 0.29) is 21.5 Å². The molecule has 0 unspecified atom stereocenters. The fourth-order valence-corrected chi connectivity index (χ4v) is 2.10. The zero-order chi connectivity index (χ0) is 14.9. The van der Waals surface area contributed by atoms with Gasteiger partial charge in [0, 0.05) is 17.6 Å². The minimum atomic E-state index is -4.55. The quantitative estimate of drug-likeness (QED) is 0.914. The minimum absolute atomic E-state index is 0.0306. The first kappa shape index (κ1) is 14.6. The van der Waals surface area contributed by atoms with Crippen LogP contribution in [0, 0.1) is 0 Å². The molecule has 4 nitrogen and oxygen atoms in total. The van der Waals surface area contributed by atoms with E-state index in [1.165, 1.54) is 11.4 Å². The second-order valence-electron chi connectivity index (χ2n) is 3.56. The highest BCUT2D eigenvalue weighted by Crippen LogP contribution is 2.35. The predicted molar refractivity (Wildman–Crippen MR) is 65.6 cm³/mol. The number of aromatic carboxylic acids is 1.